The lowest BCUT2D eigenvalue weighted by Gasteiger charge is -2.11. The van der Waals surface area contributed by atoms with Gasteiger partial charge in [-0.2, -0.15) is 0 Å². The van der Waals surface area contributed by atoms with Gasteiger partial charge in [0.15, 0.2) is 0 Å². The summed E-state index contributed by atoms with van der Waals surface area (Å²) in [6.45, 7) is 0. The molecule has 40 valence electrons. The maximum Gasteiger partial charge on any atom is 0.235 e. The largest absolute Gasteiger partial charge is 0.616 e. The number of rotatable bonds is 0. The SMILES string of the molecule is [O-][S+]1[C]CCCC1. The van der Waals surface area contributed by atoms with Crippen LogP contribution in [0.2, 0.25) is 0 Å². The molecule has 0 aromatic rings. The molecule has 1 aliphatic heterocycles. The molecule has 0 aliphatic carbocycles. The first-order valence-electron chi connectivity index (χ1n) is 2.51. The summed E-state index contributed by atoms with van der Waals surface area (Å²) in [5.41, 5.74) is 0. The van der Waals surface area contributed by atoms with Gasteiger partial charge in [-0.05, 0) is 24.0 Å². The molecule has 1 saturated heterocycles. The molecule has 2 radical (unpaired) electrons. The van der Waals surface area contributed by atoms with Crippen molar-refractivity contribution in [1.29, 1.82) is 0 Å². The Hall–Kier alpha value is 0.310. The average molecular weight is 116 g/mol. The molecule has 7 heavy (non-hydrogen) atoms. The van der Waals surface area contributed by atoms with Crippen LogP contribution in [0.3, 0.4) is 0 Å². The molecule has 2 heteroatoms. The molecule has 1 aliphatic rings. The van der Waals surface area contributed by atoms with E-state index in [2.05, 4.69) is 5.75 Å². The number of hydrogen-bond acceptors (Lipinski definition) is 1. The van der Waals surface area contributed by atoms with Crippen molar-refractivity contribution in [2.45, 2.75) is 19.3 Å². The molecule has 0 amide bonds. The lowest BCUT2D eigenvalue weighted by molar-refractivity contribution is 0.584. The Balaban J connectivity index is 2.12. The quantitative estimate of drug-likeness (QED) is 0.432. The fourth-order valence-electron chi connectivity index (χ4n) is 0.616. The van der Waals surface area contributed by atoms with Gasteiger partial charge in [0.2, 0.25) is 5.75 Å². The third-order valence-corrected chi connectivity index (χ3v) is 2.21. The molecule has 1 fully saturated rings. The molecule has 0 bridgehead atoms. The van der Waals surface area contributed by atoms with Crippen molar-refractivity contribution >= 4 is 11.2 Å². The zero-order valence-electron chi connectivity index (χ0n) is 4.14. The highest BCUT2D eigenvalue weighted by Gasteiger charge is 2.13. The van der Waals surface area contributed by atoms with E-state index in [1.54, 1.807) is 0 Å². The molecule has 1 unspecified atom stereocenters. The molecular weight excluding hydrogens is 108 g/mol. The fourth-order valence-corrected chi connectivity index (χ4v) is 1.60. The van der Waals surface area contributed by atoms with Gasteiger partial charge >= 0.3 is 0 Å². The van der Waals surface area contributed by atoms with Crippen molar-refractivity contribution in [3.8, 4) is 0 Å². The summed E-state index contributed by atoms with van der Waals surface area (Å²) in [5, 5.41) is 0. The Kier molecular flexibility index (Phi) is 2.00. The molecule has 1 rings (SSSR count). The van der Waals surface area contributed by atoms with E-state index in [4.69, 9.17) is 0 Å². The Morgan fingerprint density at radius 2 is 2.29 bits per heavy atom. The van der Waals surface area contributed by atoms with Gasteiger partial charge in [-0.3, -0.25) is 0 Å². The van der Waals surface area contributed by atoms with E-state index in [1.165, 1.54) is 6.42 Å². The number of hydrogen-bond donors (Lipinski definition) is 0. The molecule has 0 saturated carbocycles. The van der Waals surface area contributed by atoms with E-state index in [0.717, 1.165) is 18.6 Å². The van der Waals surface area contributed by atoms with E-state index >= 15 is 0 Å². The van der Waals surface area contributed by atoms with Gasteiger partial charge in [0.05, 0.1) is 0 Å². The summed E-state index contributed by atoms with van der Waals surface area (Å²) in [6.07, 6.45) is 3.25. The second kappa shape index (κ2) is 2.58. The standard InChI is InChI=1S/C5H8OS/c6-7-4-2-1-3-5-7/h1-4H2. The molecular formula is C5H8OS. The Morgan fingerprint density at radius 1 is 1.43 bits per heavy atom. The van der Waals surface area contributed by atoms with Crippen LogP contribution < -0.4 is 0 Å². The highest BCUT2D eigenvalue weighted by molar-refractivity contribution is 7.93. The van der Waals surface area contributed by atoms with Crippen molar-refractivity contribution in [3.63, 3.8) is 0 Å². The summed E-state index contributed by atoms with van der Waals surface area (Å²) in [4.78, 5) is 0. The summed E-state index contributed by atoms with van der Waals surface area (Å²) in [7, 11) is 0. The smallest absolute Gasteiger partial charge is 0.235 e. The van der Waals surface area contributed by atoms with Crippen LogP contribution in [0.15, 0.2) is 0 Å². The summed E-state index contributed by atoms with van der Waals surface area (Å²) in [5.74, 6) is 3.70. The third kappa shape index (κ3) is 1.70. The van der Waals surface area contributed by atoms with Gasteiger partial charge < -0.3 is 4.55 Å². The van der Waals surface area contributed by atoms with Gasteiger partial charge in [0, 0.05) is 6.42 Å². The fraction of sp³-hybridized carbons (Fsp3) is 0.800. The Morgan fingerprint density at radius 3 is 2.57 bits per heavy atom. The van der Waals surface area contributed by atoms with Crippen LogP contribution in [0.4, 0.5) is 0 Å². The summed E-state index contributed by atoms with van der Waals surface area (Å²) in [6, 6.07) is 0. The molecule has 1 heterocycles. The Bertz CT molecular complexity index is 50.0. The van der Waals surface area contributed by atoms with Crippen molar-refractivity contribution in [2.24, 2.45) is 0 Å². The van der Waals surface area contributed by atoms with Gasteiger partial charge in [-0.15, -0.1) is 0 Å². The zero-order valence-corrected chi connectivity index (χ0v) is 4.96. The highest BCUT2D eigenvalue weighted by Crippen LogP contribution is 2.13. The minimum Gasteiger partial charge on any atom is -0.616 e. The molecule has 0 aromatic carbocycles. The van der Waals surface area contributed by atoms with Crippen molar-refractivity contribution in [1.82, 2.24) is 0 Å². The van der Waals surface area contributed by atoms with Crippen LogP contribution in [0.1, 0.15) is 19.3 Å². The molecule has 0 spiro atoms. The predicted octanol–water partition coefficient (Wildman–Crippen LogP) is 0.958. The first-order chi connectivity index (χ1) is 3.39. The molecule has 0 aromatic heterocycles. The minimum absolute atomic E-state index is 0.690. The van der Waals surface area contributed by atoms with E-state index in [9.17, 15) is 4.55 Å². The Labute approximate surface area is 47.3 Å². The van der Waals surface area contributed by atoms with Gasteiger partial charge in [0.1, 0.15) is 5.75 Å². The van der Waals surface area contributed by atoms with E-state index in [-0.39, 0.29) is 0 Å². The summed E-state index contributed by atoms with van der Waals surface area (Å²) < 4.78 is 10.5. The van der Waals surface area contributed by atoms with Crippen LogP contribution in [0, 0.1) is 5.75 Å². The van der Waals surface area contributed by atoms with E-state index < -0.39 is 11.2 Å². The second-order valence-corrected chi connectivity index (χ2v) is 3.04. The lowest BCUT2D eigenvalue weighted by Crippen LogP contribution is -2.11. The first kappa shape index (κ1) is 5.45. The average Bonchev–Trinajstić information content (AvgIpc) is 1.69. The van der Waals surface area contributed by atoms with Crippen LogP contribution in [-0.4, -0.2) is 10.3 Å². The van der Waals surface area contributed by atoms with Crippen LogP contribution in [0.25, 0.3) is 0 Å². The maximum absolute atomic E-state index is 10.5. The summed E-state index contributed by atoms with van der Waals surface area (Å²) >= 11 is -0.690. The monoisotopic (exact) mass is 116 g/mol. The predicted molar refractivity (Wildman–Crippen MR) is 30.1 cm³/mol. The zero-order chi connectivity index (χ0) is 5.11. The first-order valence-corrected chi connectivity index (χ1v) is 3.83. The lowest BCUT2D eigenvalue weighted by atomic mass is 10.3. The van der Waals surface area contributed by atoms with Crippen molar-refractivity contribution in [2.75, 3.05) is 5.75 Å². The van der Waals surface area contributed by atoms with Crippen LogP contribution in [0.5, 0.6) is 0 Å². The second-order valence-electron chi connectivity index (χ2n) is 1.65. The topological polar surface area (TPSA) is 23.1 Å². The normalized spacial score (nSPS) is 25.3. The van der Waals surface area contributed by atoms with Gasteiger partial charge in [-0.1, -0.05) is 0 Å². The van der Waals surface area contributed by atoms with E-state index in [1.807, 2.05) is 0 Å². The van der Waals surface area contributed by atoms with Gasteiger partial charge in [-0.25, -0.2) is 0 Å². The molecule has 0 N–H and O–H groups in total. The molecule has 1 nitrogen and oxygen atoms in total. The van der Waals surface area contributed by atoms with Crippen molar-refractivity contribution < 1.29 is 4.55 Å². The van der Waals surface area contributed by atoms with Crippen LogP contribution >= 0.6 is 0 Å². The van der Waals surface area contributed by atoms with Crippen molar-refractivity contribution in [3.05, 3.63) is 5.75 Å². The van der Waals surface area contributed by atoms with Gasteiger partial charge in [0.25, 0.3) is 0 Å². The van der Waals surface area contributed by atoms with E-state index in [0.29, 0.717) is 0 Å². The minimum atomic E-state index is -0.690. The highest BCUT2D eigenvalue weighted by atomic mass is 32.2. The van der Waals surface area contributed by atoms with Crippen LogP contribution in [-0.2, 0) is 11.2 Å². The maximum atomic E-state index is 10.5. The molecule has 1 atom stereocenters. The third-order valence-electron chi connectivity index (χ3n) is 1.02.